The topological polar surface area (TPSA) is 55.8 Å². The molecule has 2 amide bonds. The van der Waals surface area contributed by atoms with Crippen molar-refractivity contribution in [2.45, 2.75) is 26.7 Å². The van der Waals surface area contributed by atoms with Crippen molar-refractivity contribution in [2.75, 3.05) is 19.1 Å². The Kier molecular flexibility index (Phi) is 5.79. The van der Waals surface area contributed by atoms with E-state index in [0.29, 0.717) is 16.3 Å². The number of carbonyl (C=O) groups excluding carboxylic acids is 2. The van der Waals surface area contributed by atoms with E-state index in [1.807, 2.05) is 19.1 Å². The number of rotatable bonds is 5. The largest absolute Gasteiger partial charge is 0.496 e. The van der Waals surface area contributed by atoms with Gasteiger partial charge in [-0.05, 0) is 71.6 Å². The van der Waals surface area contributed by atoms with Gasteiger partial charge in [-0.1, -0.05) is 26.0 Å². The van der Waals surface area contributed by atoms with Gasteiger partial charge in [0.05, 0.1) is 24.8 Å². The van der Waals surface area contributed by atoms with Crippen LogP contribution in [0.4, 0.5) is 10.5 Å². The molecule has 0 radical (unpaired) electrons. The van der Waals surface area contributed by atoms with Crippen LogP contribution < -0.4 is 14.4 Å². The number of carbonyl (C=O) groups is 2. The normalized spacial score (nSPS) is 15.6. The molecular formula is C22H23NO4S. The summed E-state index contributed by atoms with van der Waals surface area (Å²) in [6, 6.07) is 11.0. The van der Waals surface area contributed by atoms with Gasteiger partial charge in [-0.3, -0.25) is 9.59 Å². The van der Waals surface area contributed by atoms with Crippen molar-refractivity contribution in [2.24, 2.45) is 0 Å². The van der Waals surface area contributed by atoms with Crippen LogP contribution in [0.5, 0.6) is 11.5 Å². The molecule has 0 aromatic heterocycles. The fourth-order valence-electron chi connectivity index (χ4n) is 3.13. The number of nitrogens with zero attached hydrogens (tertiary/aromatic N) is 1. The molecule has 2 aromatic carbocycles. The average Bonchev–Trinajstić information content (AvgIpc) is 2.95. The minimum atomic E-state index is -0.346. The molecule has 0 aliphatic carbocycles. The Balaban J connectivity index is 2.02. The second-order valence-corrected chi connectivity index (χ2v) is 7.79. The second-order valence-electron chi connectivity index (χ2n) is 6.79. The third-order valence-corrected chi connectivity index (χ3v) is 5.52. The Morgan fingerprint density at radius 1 is 1.04 bits per heavy atom. The Bertz CT molecular complexity index is 965. The molecule has 146 valence electrons. The summed E-state index contributed by atoms with van der Waals surface area (Å²) in [5.41, 5.74) is 3.38. The van der Waals surface area contributed by atoms with Gasteiger partial charge in [0.25, 0.3) is 11.1 Å². The Morgan fingerprint density at radius 3 is 2.36 bits per heavy atom. The number of para-hydroxylation sites is 2. The van der Waals surface area contributed by atoms with Crippen molar-refractivity contribution >= 4 is 34.7 Å². The Hall–Kier alpha value is -2.73. The van der Waals surface area contributed by atoms with E-state index in [4.69, 9.17) is 9.47 Å². The highest BCUT2D eigenvalue weighted by molar-refractivity contribution is 8.19. The molecule has 0 N–H and O–H groups in total. The van der Waals surface area contributed by atoms with Crippen LogP contribution in [0.25, 0.3) is 6.08 Å². The molecule has 0 spiro atoms. The van der Waals surface area contributed by atoms with Crippen molar-refractivity contribution in [1.29, 1.82) is 0 Å². The zero-order valence-corrected chi connectivity index (χ0v) is 17.4. The fraction of sp³-hybridized carbons (Fsp3) is 0.273. The monoisotopic (exact) mass is 397 g/mol. The summed E-state index contributed by atoms with van der Waals surface area (Å²) in [7, 11) is 3.17. The van der Waals surface area contributed by atoms with Gasteiger partial charge < -0.3 is 9.47 Å². The highest BCUT2D eigenvalue weighted by Gasteiger charge is 2.37. The maximum Gasteiger partial charge on any atom is 0.298 e. The van der Waals surface area contributed by atoms with Gasteiger partial charge in [0.1, 0.15) is 11.5 Å². The van der Waals surface area contributed by atoms with Gasteiger partial charge in [-0.25, -0.2) is 4.90 Å². The molecule has 2 aromatic rings. The van der Waals surface area contributed by atoms with Crippen molar-refractivity contribution < 1.29 is 19.1 Å². The molecular weight excluding hydrogens is 374 g/mol. The summed E-state index contributed by atoms with van der Waals surface area (Å²) in [5, 5.41) is -0.337. The van der Waals surface area contributed by atoms with Gasteiger partial charge in [-0.15, -0.1) is 0 Å². The lowest BCUT2D eigenvalue weighted by Gasteiger charge is -2.16. The van der Waals surface area contributed by atoms with E-state index in [2.05, 4.69) is 13.8 Å². The van der Waals surface area contributed by atoms with Crippen molar-refractivity contribution in [3.8, 4) is 11.5 Å². The first-order valence-electron chi connectivity index (χ1n) is 8.96. The molecule has 1 fully saturated rings. The molecule has 6 heteroatoms. The summed E-state index contributed by atoms with van der Waals surface area (Å²) < 4.78 is 10.8. The maximum absolute atomic E-state index is 13.0. The predicted molar refractivity (Wildman–Crippen MR) is 113 cm³/mol. The van der Waals surface area contributed by atoms with Gasteiger partial charge in [0.15, 0.2) is 0 Å². The number of anilines is 1. The van der Waals surface area contributed by atoms with Crippen LogP contribution in [0.1, 0.15) is 36.5 Å². The number of hydrogen-bond donors (Lipinski definition) is 0. The second kappa shape index (κ2) is 8.10. The molecule has 1 saturated heterocycles. The third kappa shape index (κ3) is 3.64. The Morgan fingerprint density at radius 2 is 1.71 bits per heavy atom. The molecule has 0 saturated carbocycles. The standard InChI is InChI=1S/C22H23NO4S/c1-13(2)16-11-15(14(3)10-19(16)27-5)12-20-21(24)23(22(25)28-20)17-8-6-7-9-18(17)26-4/h6-13H,1-5H3/b20-12+. The first-order chi connectivity index (χ1) is 13.4. The highest BCUT2D eigenvalue weighted by atomic mass is 32.2. The van der Waals surface area contributed by atoms with Crippen LogP contribution in [0, 0.1) is 6.92 Å². The van der Waals surface area contributed by atoms with Gasteiger partial charge in [0.2, 0.25) is 0 Å². The molecule has 1 aliphatic heterocycles. The van der Waals surface area contributed by atoms with E-state index in [1.54, 1.807) is 37.5 Å². The van der Waals surface area contributed by atoms with E-state index >= 15 is 0 Å². The summed E-state index contributed by atoms with van der Waals surface area (Å²) >= 11 is 0.935. The van der Waals surface area contributed by atoms with Crippen molar-refractivity contribution in [3.63, 3.8) is 0 Å². The van der Waals surface area contributed by atoms with Gasteiger partial charge >= 0.3 is 0 Å². The summed E-state index contributed by atoms with van der Waals surface area (Å²) in [6.45, 7) is 6.14. The number of ether oxygens (including phenoxy) is 2. The summed E-state index contributed by atoms with van der Waals surface area (Å²) in [6.07, 6.45) is 1.78. The molecule has 5 nitrogen and oxygen atoms in total. The van der Waals surface area contributed by atoms with Gasteiger partial charge in [0, 0.05) is 0 Å². The van der Waals surface area contributed by atoms with Gasteiger partial charge in [-0.2, -0.15) is 0 Å². The zero-order chi connectivity index (χ0) is 20.4. The van der Waals surface area contributed by atoms with Crippen molar-refractivity contribution in [3.05, 3.63) is 58.0 Å². The molecule has 0 bridgehead atoms. The van der Waals surface area contributed by atoms with E-state index < -0.39 is 0 Å². The van der Waals surface area contributed by atoms with Crippen LogP contribution in [0.2, 0.25) is 0 Å². The van der Waals surface area contributed by atoms with Crippen LogP contribution in [0.15, 0.2) is 41.3 Å². The molecule has 0 unspecified atom stereocenters. The highest BCUT2D eigenvalue weighted by Crippen LogP contribution is 2.40. The molecule has 1 aliphatic rings. The number of imide groups is 1. The minimum absolute atomic E-state index is 0.270. The number of benzene rings is 2. The van der Waals surface area contributed by atoms with E-state index in [9.17, 15) is 9.59 Å². The lowest BCUT2D eigenvalue weighted by atomic mass is 9.96. The predicted octanol–water partition coefficient (Wildman–Crippen LogP) is 5.38. The minimum Gasteiger partial charge on any atom is -0.496 e. The zero-order valence-electron chi connectivity index (χ0n) is 16.6. The number of thioether (sulfide) groups is 1. The Labute approximate surface area is 169 Å². The van der Waals surface area contributed by atoms with E-state index in [-0.39, 0.29) is 17.1 Å². The van der Waals surface area contributed by atoms with Crippen LogP contribution in [-0.4, -0.2) is 25.4 Å². The molecule has 3 rings (SSSR count). The lowest BCUT2D eigenvalue weighted by molar-refractivity contribution is -0.113. The SMILES string of the molecule is COc1cc(C)c(/C=C2/SC(=O)N(c3ccccc3OC)C2=O)cc1C(C)C. The average molecular weight is 397 g/mol. The first-order valence-corrected chi connectivity index (χ1v) is 9.78. The van der Waals surface area contributed by atoms with E-state index in [0.717, 1.165) is 39.1 Å². The summed E-state index contributed by atoms with van der Waals surface area (Å²) in [5.74, 6) is 1.23. The molecule has 28 heavy (non-hydrogen) atoms. The molecule has 0 atom stereocenters. The number of hydrogen-bond acceptors (Lipinski definition) is 5. The quantitative estimate of drug-likeness (QED) is 0.634. The van der Waals surface area contributed by atoms with Crippen LogP contribution >= 0.6 is 11.8 Å². The van der Waals surface area contributed by atoms with Crippen LogP contribution in [-0.2, 0) is 4.79 Å². The van der Waals surface area contributed by atoms with Crippen molar-refractivity contribution in [1.82, 2.24) is 0 Å². The van der Waals surface area contributed by atoms with Crippen LogP contribution in [0.3, 0.4) is 0 Å². The summed E-state index contributed by atoms with van der Waals surface area (Å²) in [4.78, 5) is 27.1. The van der Waals surface area contributed by atoms with E-state index in [1.165, 1.54) is 7.11 Å². The first kappa shape index (κ1) is 20.0. The number of methoxy groups -OCH3 is 2. The number of aryl methyl sites for hydroxylation is 1. The smallest absolute Gasteiger partial charge is 0.298 e. The molecule has 1 heterocycles. The maximum atomic E-state index is 13.0. The number of amides is 2. The lowest BCUT2D eigenvalue weighted by Crippen LogP contribution is -2.28. The fourth-order valence-corrected chi connectivity index (χ4v) is 3.96. The third-order valence-electron chi connectivity index (χ3n) is 4.65.